The van der Waals surface area contributed by atoms with E-state index in [2.05, 4.69) is 5.32 Å². The zero-order valence-electron chi connectivity index (χ0n) is 11.2. The smallest absolute Gasteiger partial charge is 0.337 e. The van der Waals surface area contributed by atoms with Gasteiger partial charge in [0.15, 0.2) is 0 Å². The molecule has 0 heterocycles. The van der Waals surface area contributed by atoms with Gasteiger partial charge in [0.1, 0.15) is 0 Å². The number of carboxylic acid groups (broad SMARTS) is 1. The average Bonchev–Trinajstić information content (AvgIpc) is 2.89. The first-order valence-electron chi connectivity index (χ1n) is 6.67. The van der Waals surface area contributed by atoms with Crippen molar-refractivity contribution in [2.45, 2.75) is 19.3 Å². The van der Waals surface area contributed by atoms with Gasteiger partial charge in [-0.1, -0.05) is 29.6 Å². The number of carbonyl (C=O) groups excluding carboxylic acids is 1. The van der Waals surface area contributed by atoms with Crippen LogP contribution in [0.4, 0.5) is 5.69 Å². The predicted molar refractivity (Wildman–Crippen MR) is 81.9 cm³/mol. The number of hydrogen-bond acceptors (Lipinski definition) is 3. The van der Waals surface area contributed by atoms with E-state index in [-0.39, 0.29) is 39.0 Å². The Bertz CT molecular complexity index is 578. The number of amides is 1. The molecule has 0 spiro atoms. The Hall–Kier alpha value is -1.30. The number of anilines is 1. The largest absolute Gasteiger partial charge is 0.478 e. The molecule has 1 aliphatic carbocycles. The standard InChI is InChI=1S/C14H16Cl2N2O3/c15-8-4-10(14(20)21)12(11(16)5-8)18-13(19)9-3-1-2-7(9)6-17/h4-5,7,9H,1-3,6,17H2,(H,18,19)(H,20,21). The quantitative estimate of drug-likeness (QED) is 0.791. The van der Waals surface area contributed by atoms with Crippen LogP contribution < -0.4 is 11.1 Å². The van der Waals surface area contributed by atoms with Gasteiger partial charge in [0, 0.05) is 10.9 Å². The van der Waals surface area contributed by atoms with Crippen LogP contribution in [0.2, 0.25) is 10.0 Å². The highest BCUT2D eigenvalue weighted by Gasteiger charge is 2.32. The third-order valence-electron chi connectivity index (χ3n) is 3.83. The maximum Gasteiger partial charge on any atom is 0.337 e. The van der Waals surface area contributed by atoms with E-state index in [9.17, 15) is 14.7 Å². The maximum atomic E-state index is 12.3. The second kappa shape index (κ2) is 6.64. The summed E-state index contributed by atoms with van der Waals surface area (Å²) in [4.78, 5) is 23.6. The lowest BCUT2D eigenvalue weighted by Gasteiger charge is -2.19. The summed E-state index contributed by atoms with van der Waals surface area (Å²) >= 11 is 11.8. The Morgan fingerprint density at radius 1 is 1.33 bits per heavy atom. The molecule has 2 atom stereocenters. The van der Waals surface area contributed by atoms with Crippen LogP contribution in [0.25, 0.3) is 0 Å². The molecular weight excluding hydrogens is 315 g/mol. The summed E-state index contributed by atoms with van der Waals surface area (Å²) in [7, 11) is 0. The Morgan fingerprint density at radius 2 is 2.05 bits per heavy atom. The summed E-state index contributed by atoms with van der Waals surface area (Å²) in [6, 6.07) is 2.67. The fourth-order valence-electron chi connectivity index (χ4n) is 2.75. The monoisotopic (exact) mass is 330 g/mol. The molecule has 1 aliphatic rings. The summed E-state index contributed by atoms with van der Waals surface area (Å²) in [6.07, 6.45) is 2.61. The van der Waals surface area contributed by atoms with Crippen molar-refractivity contribution in [2.75, 3.05) is 11.9 Å². The normalized spacial score (nSPS) is 21.3. The van der Waals surface area contributed by atoms with Crippen LogP contribution in [0, 0.1) is 11.8 Å². The lowest BCUT2D eigenvalue weighted by atomic mass is 9.95. The molecular formula is C14H16Cl2N2O3. The van der Waals surface area contributed by atoms with Crippen LogP contribution in [0.3, 0.4) is 0 Å². The van der Waals surface area contributed by atoms with Gasteiger partial charge in [-0.05, 0) is 37.4 Å². The maximum absolute atomic E-state index is 12.3. The summed E-state index contributed by atoms with van der Waals surface area (Å²) in [5, 5.41) is 12.1. The van der Waals surface area contributed by atoms with Crippen molar-refractivity contribution in [1.29, 1.82) is 0 Å². The number of hydrogen-bond donors (Lipinski definition) is 3. The fourth-order valence-corrected chi connectivity index (χ4v) is 3.29. The van der Waals surface area contributed by atoms with Crippen molar-refractivity contribution < 1.29 is 14.7 Å². The van der Waals surface area contributed by atoms with E-state index < -0.39 is 5.97 Å². The molecule has 1 saturated carbocycles. The van der Waals surface area contributed by atoms with E-state index >= 15 is 0 Å². The highest BCUT2D eigenvalue weighted by Crippen LogP contribution is 2.34. The average molecular weight is 331 g/mol. The zero-order chi connectivity index (χ0) is 15.6. The molecule has 7 heteroatoms. The van der Waals surface area contributed by atoms with E-state index in [1.54, 1.807) is 0 Å². The molecule has 2 rings (SSSR count). The molecule has 0 radical (unpaired) electrons. The molecule has 4 N–H and O–H groups in total. The molecule has 2 unspecified atom stereocenters. The molecule has 1 amide bonds. The summed E-state index contributed by atoms with van der Waals surface area (Å²) in [5.41, 5.74) is 5.63. The third kappa shape index (κ3) is 3.48. The second-order valence-corrected chi connectivity index (χ2v) is 5.98. The first-order chi connectivity index (χ1) is 9.93. The molecule has 0 saturated heterocycles. The topological polar surface area (TPSA) is 92.4 Å². The van der Waals surface area contributed by atoms with Crippen LogP contribution in [-0.2, 0) is 4.79 Å². The number of aromatic carboxylic acids is 1. The number of nitrogens with one attached hydrogen (secondary N) is 1. The van der Waals surface area contributed by atoms with E-state index in [0.717, 1.165) is 19.3 Å². The van der Waals surface area contributed by atoms with Crippen LogP contribution >= 0.6 is 23.2 Å². The number of carboxylic acids is 1. The summed E-state index contributed by atoms with van der Waals surface area (Å²) in [5.74, 6) is -1.51. The minimum Gasteiger partial charge on any atom is -0.478 e. The Kier molecular flexibility index (Phi) is 5.08. The first kappa shape index (κ1) is 16.1. The Balaban J connectivity index is 2.27. The van der Waals surface area contributed by atoms with Crippen molar-refractivity contribution in [2.24, 2.45) is 17.6 Å². The first-order valence-corrected chi connectivity index (χ1v) is 7.43. The SMILES string of the molecule is NCC1CCCC1C(=O)Nc1c(Cl)cc(Cl)cc1C(=O)O. The predicted octanol–water partition coefficient (Wildman–Crippen LogP) is 3.01. The molecule has 1 aromatic carbocycles. The van der Waals surface area contributed by atoms with Crippen LogP contribution in [0.1, 0.15) is 29.6 Å². The van der Waals surface area contributed by atoms with Crippen molar-refractivity contribution in [1.82, 2.24) is 0 Å². The van der Waals surface area contributed by atoms with Gasteiger partial charge >= 0.3 is 5.97 Å². The van der Waals surface area contributed by atoms with Gasteiger partial charge in [0.25, 0.3) is 0 Å². The zero-order valence-corrected chi connectivity index (χ0v) is 12.7. The molecule has 0 aliphatic heterocycles. The lowest BCUT2D eigenvalue weighted by Crippen LogP contribution is -2.30. The highest BCUT2D eigenvalue weighted by molar-refractivity contribution is 6.37. The van der Waals surface area contributed by atoms with Crippen LogP contribution in [-0.4, -0.2) is 23.5 Å². The highest BCUT2D eigenvalue weighted by atomic mass is 35.5. The minimum absolute atomic E-state index is 0.0845. The minimum atomic E-state index is -1.20. The van der Waals surface area contributed by atoms with E-state index in [4.69, 9.17) is 28.9 Å². The lowest BCUT2D eigenvalue weighted by molar-refractivity contribution is -0.120. The molecule has 0 aromatic heterocycles. The van der Waals surface area contributed by atoms with Gasteiger partial charge in [-0.3, -0.25) is 4.79 Å². The second-order valence-electron chi connectivity index (χ2n) is 5.14. The molecule has 114 valence electrons. The fraction of sp³-hybridized carbons (Fsp3) is 0.429. The van der Waals surface area contributed by atoms with Gasteiger partial charge in [-0.25, -0.2) is 4.79 Å². The number of carbonyl (C=O) groups is 2. The van der Waals surface area contributed by atoms with Gasteiger partial charge in [0.2, 0.25) is 5.91 Å². The molecule has 21 heavy (non-hydrogen) atoms. The van der Waals surface area contributed by atoms with Crippen molar-refractivity contribution >= 4 is 40.8 Å². The van der Waals surface area contributed by atoms with E-state index in [1.165, 1.54) is 12.1 Å². The van der Waals surface area contributed by atoms with Crippen molar-refractivity contribution in [3.05, 3.63) is 27.7 Å². The van der Waals surface area contributed by atoms with Gasteiger partial charge in [-0.2, -0.15) is 0 Å². The molecule has 0 bridgehead atoms. The van der Waals surface area contributed by atoms with E-state index in [0.29, 0.717) is 6.54 Å². The summed E-state index contributed by atoms with van der Waals surface area (Å²) < 4.78 is 0. The van der Waals surface area contributed by atoms with Gasteiger partial charge < -0.3 is 16.2 Å². The number of rotatable bonds is 4. The molecule has 1 fully saturated rings. The van der Waals surface area contributed by atoms with Crippen molar-refractivity contribution in [3.8, 4) is 0 Å². The Labute approximate surface area is 132 Å². The van der Waals surface area contributed by atoms with Crippen LogP contribution in [0.15, 0.2) is 12.1 Å². The molecule has 1 aromatic rings. The third-order valence-corrected chi connectivity index (χ3v) is 4.35. The number of benzene rings is 1. The van der Waals surface area contributed by atoms with Gasteiger partial charge in [-0.15, -0.1) is 0 Å². The van der Waals surface area contributed by atoms with E-state index in [1.807, 2.05) is 0 Å². The van der Waals surface area contributed by atoms with Crippen molar-refractivity contribution in [3.63, 3.8) is 0 Å². The molecule has 5 nitrogen and oxygen atoms in total. The van der Waals surface area contributed by atoms with Crippen LogP contribution in [0.5, 0.6) is 0 Å². The number of nitrogens with two attached hydrogens (primary N) is 1. The summed E-state index contributed by atoms with van der Waals surface area (Å²) in [6.45, 7) is 0.443. The van der Waals surface area contributed by atoms with Gasteiger partial charge in [0.05, 0.1) is 16.3 Å². The number of halogens is 2. The Morgan fingerprint density at radius 3 is 2.67 bits per heavy atom.